The molecule has 0 saturated heterocycles. The zero-order chi connectivity index (χ0) is 26.5. The fraction of sp³-hybridized carbons (Fsp3) is 0. The van der Waals surface area contributed by atoms with E-state index >= 15 is 0 Å². The molecule has 0 aliphatic carbocycles. The van der Waals surface area contributed by atoms with E-state index in [4.69, 9.17) is 9.97 Å². The lowest BCUT2D eigenvalue weighted by molar-refractivity contribution is 1.08. The van der Waals surface area contributed by atoms with Gasteiger partial charge in [0.15, 0.2) is 5.65 Å². The van der Waals surface area contributed by atoms with Crippen molar-refractivity contribution in [3.8, 4) is 33.9 Å². The molecule has 188 valence electrons. The minimum Gasteiger partial charge on any atom is -0.307 e. The maximum absolute atomic E-state index is 5.34. The predicted molar refractivity (Wildman–Crippen MR) is 164 cm³/mol. The SMILES string of the molecule is c1ccc(-c2cccc(-c3nc4c(-n5c6ccccc6c6ccccc65)ccnc4n3-c3ccccc3)c2)cc1. The zero-order valence-corrected chi connectivity index (χ0v) is 21.6. The van der Waals surface area contributed by atoms with Crippen LogP contribution in [0.4, 0.5) is 0 Å². The third kappa shape index (κ3) is 3.47. The Morgan fingerprint density at radius 3 is 1.80 bits per heavy atom. The van der Waals surface area contributed by atoms with Gasteiger partial charge in [0.1, 0.15) is 11.3 Å². The summed E-state index contributed by atoms with van der Waals surface area (Å²) in [5.74, 6) is 0.861. The van der Waals surface area contributed by atoms with Crippen molar-refractivity contribution in [2.24, 2.45) is 0 Å². The monoisotopic (exact) mass is 512 g/mol. The van der Waals surface area contributed by atoms with Crippen LogP contribution in [-0.4, -0.2) is 19.1 Å². The second kappa shape index (κ2) is 9.07. The molecule has 8 rings (SSSR count). The molecule has 3 heterocycles. The van der Waals surface area contributed by atoms with Crippen molar-refractivity contribution >= 4 is 33.0 Å². The van der Waals surface area contributed by atoms with E-state index in [0.717, 1.165) is 50.5 Å². The maximum atomic E-state index is 5.34. The lowest BCUT2D eigenvalue weighted by atomic mass is 10.0. The van der Waals surface area contributed by atoms with Gasteiger partial charge in [-0.15, -0.1) is 0 Å². The highest BCUT2D eigenvalue weighted by molar-refractivity contribution is 6.10. The van der Waals surface area contributed by atoms with Gasteiger partial charge in [0.05, 0.1) is 16.7 Å². The van der Waals surface area contributed by atoms with E-state index in [9.17, 15) is 0 Å². The van der Waals surface area contributed by atoms with E-state index in [2.05, 4.69) is 137 Å². The average molecular weight is 513 g/mol. The van der Waals surface area contributed by atoms with E-state index < -0.39 is 0 Å². The summed E-state index contributed by atoms with van der Waals surface area (Å²) in [7, 11) is 0. The molecule has 0 bridgehead atoms. The molecule has 0 N–H and O–H groups in total. The highest BCUT2D eigenvalue weighted by Crippen LogP contribution is 2.36. The van der Waals surface area contributed by atoms with Crippen LogP contribution in [0.1, 0.15) is 0 Å². The Hall–Kier alpha value is -5.48. The van der Waals surface area contributed by atoms with Gasteiger partial charge in [0, 0.05) is 28.2 Å². The Kier molecular flexibility index (Phi) is 5.10. The highest BCUT2D eigenvalue weighted by atomic mass is 15.1. The number of para-hydroxylation sites is 3. The second-order valence-electron chi connectivity index (χ2n) is 9.93. The summed E-state index contributed by atoms with van der Waals surface area (Å²) in [4.78, 5) is 10.2. The molecule has 0 radical (unpaired) electrons. The van der Waals surface area contributed by atoms with Crippen LogP contribution in [0.15, 0.2) is 146 Å². The standard InChI is InChI=1S/C36H24N4/c1-3-12-25(13-4-1)26-14-11-15-27(24-26)35-38-34-33(22-23-37-36(34)39(35)28-16-5-2-6-17-28)40-31-20-9-7-18-29(31)30-19-8-10-21-32(30)40/h1-24H. The van der Waals surface area contributed by atoms with Crippen LogP contribution in [0.5, 0.6) is 0 Å². The molecule has 0 aliphatic heterocycles. The van der Waals surface area contributed by atoms with Crippen molar-refractivity contribution in [1.29, 1.82) is 0 Å². The van der Waals surface area contributed by atoms with Crippen molar-refractivity contribution in [3.05, 3.63) is 146 Å². The molecule has 0 unspecified atom stereocenters. The number of fused-ring (bicyclic) bond motifs is 4. The third-order valence-corrected chi connectivity index (χ3v) is 7.59. The Morgan fingerprint density at radius 1 is 0.475 bits per heavy atom. The van der Waals surface area contributed by atoms with E-state index in [0.29, 0.717) is 0 Å². The Labute approximate surface area is 231 Å². The van der Waals surface area contributed by atoms with E-state index in [1.807, 2.05) is 18.3 Å². The van der Waals surface area contributed by atoms with Crippen LogP contribution in [0.3, 0.4) is 0 Å². The third-order valence-electron chi connectivity index (χ3n) is 7.59. The van der Waals surface area contributed by atoms with Crippen LogP contribution < -0.4 is 0 Å². The van der Waals surface area contributed by atoms with E-state index in [1.54, 1.807) is 0 Å². The summed E-state index contributed by atoms with van der Waals surface area (Å²) < 4.78 is 4.50. The second-order valence-corrected chi connectivity index (χ2v) is 9.93. The molecule has 4 nitrogen and oxygen atoms in total. The van der Waals surface area contributed by atoms with Crippen molar-refractivity contribution in [1.82, 2.24) is 19.1 Å². The summed E-state index contributed by atoms with van der Waals surface area (Å²) in [5.41, 5.74) is 9.39. The topological polar surface area (TPSA) is 35.6 Å². The summed E-state index contributed by atoms with van der Waals surface area (Å²) in [5, 5.41) is 2.45. The minimum atomic E-state index is 0.825. The van der Waals surface area contributed by atoms with Crippen molar-refractivity contribution in [2.45, 2.75) is 0 Å². The fourth-order valence-corrected chi connectivity index (χ4v) is 5.81. The smallest absolute Gasteiger partial charge is 0.167 e. The Morgan fingerprint density at radius 2 is 1.07 bits per heavy atom. The average Bonchev–Trinajstić information content (AvgIpc) is 3.59. The van der Waals surface area contributed by atoms with Crippen molar-refractivity contribution in [2.75, 3.05) is 0 Å². The molecule has 5 aromatic carbocycles. The molecular formula is C36H24N4. The number of pyridine rings is 1. The zero-order valence-electron chi connectivity index (χ0n) is 21.6. The molecule has 0 atom stereocenters. The number of imidazole rings is 1. The highest BCUT2D eigenvalue weighted by Gasteiger charge is 2.21. The van der Waals surface area contributed by atoms with Crippen LogP contribution in [-0.2, 0) is 0 Å². The van der Waals surface area contributed by atoms with Gasteiger partial charge in [-0.05, 0) is 47.5 Å². The Balaban J connectivity index is 1.45. The van der Waals surface area contributed by atoms with Gasteiger partial charge in [-0.3, -0.25) is 4.57 Å². The largest absolute Gasteiger partial charge is 0.307 e. The molecule has 4 heteroatoms. The molecule has 0 spiro atoms. The molecule has 3 aromatic heterocycles. The summed E-state index contributed by atoms with van der Waals surface area (Å²) in [6.45, 7) is 0. The number of hydrogen-bond acceptors (Lipinski definition) is 2. The lowest BCUT2D eigenvalue weighted by Crippen LogP contribution is -1.99. The van der Waals surface area contributed by atoms with E-state index in [1.165, 1.54) is 16.3 Å². The normalized spacial score (nSPS) is 11.5. The quantitative estimate of drug-likeness (QED) is 0.236. The number of rotatable bonds is 4. The Bertz CT molecular complexity index is 2100. The van der Waals surface area contributed by atoms with Crippen molar-refractivity contribution < 1.29 is 0 Å². The molecule has 40 heavy (non-hydrogen) atoms. The summed E-state index contributed by atoms with van der Waals surface area (Å²) in [6.07, 6.45) is 1.90. The summed E-state index contributed by atoms with van der Waals surface area (Å²) in [6, 6.07) is 48.7. The van der Waals surface area contributed by atoms with E-state index in [-0.39, 0.29) is 0 Å². The van der Waals surface area contributed by atoms with Crippen LogP contribution in [0.25, 0.3) is 66.9 Å². The predicted octanol–water partition coefficient (Wildman–Crippen LogP) is 8.85. The molecular weight excluding hydrogens is 488 g/mol. The first-order valence-electron chi connectivity index (χ1n) is 13.4. The molecule has 8 aromatic rings. The first kappa shape index (κ1) is 22.5. The van der Waals surface area contributed by atoms with Gasteiger partial charge < -0.3 is 4.57 Å². The molecule has 0 fully saturated rings. The molecule has 0 saturated carbocycles. The molecule has 0 aliphatic rings. The first-order chi connectivity index (χ1) is 19.9. The van der Waals surface area contributed by atoms with Crippen molar-refractivity contribution in [3.63, 3.8) is 0 Å². The maximum Gasteiger partial charge on any atom is 0.167 e. The fourth-order valence-electron chi connectivity index (χ4n) is 5.81. The first-order valence-corrected chi connectivity index (χ1v) is 13.4. The van der Waals surface area contributed by atoms with Gasteiger partial charge >= 0.3 is 0 Å². The number of benzene rings is 5. The number of hydrogen-bond donors (Lipinski definition) is 0. The minimum absolute atomic E-state index is 0.825. The lowest BCUT2D eigenvalue weighted by Gasteiger charge is -2.11. The van der Waals surface area contributed by atoms with Gasteiger partial charge in [0.25, 0.3) is 0 Å². The van der Waals surface area contributed by atoms with Gasteiger partial charge in [-0.1, -0.05) is 103 Å². The molecule has 0 amide bonds. The van der Waals surface area contributed by atoms with Crippen LogP contribution in [0, 0.1) is 0 Å². The van der Waals surface area contributed by atoms with Crippen LogP contribution >= 0.6 is 0 Å². The number of aromatic nitrogens is 4. The van der Waals surface area contributed by atoms with Crippen LogP contribution in [0.2, 0.25) is 0 Å². The van der Waals surface area contributed by atoms with Gasteiger partial charge in [-0.2, -0.15) is 0 Å². The number of nitrogens with zero attached hydrogens (tertiary/aromatic N) is 4. The summed E-state index contributed by atoms with van der Waals surface area (Å²) >= 11 is 0. The van der Waals surface area contributed by atoms with Gasteiger partial charge in [-0.25, -0.2) is 9.97 Å². The van der Waals surface area contributed by atoms with Gasteiger partial charge in [0.2, 0.25) is 0 Å².